The van der Waals surface area contributed by atoms with Gasteiger partial charge in [-0.25, -0.2) is 0 Å². The molecule has 0 fully saturated rings. The standard InChI is InChI=1S/C10H11NO2/c1-2-7-13-10-6-4-3-5-9(10)8-11-12/h2-6,8,12H,1,7H2. The highest BCUT2D eigenvalue weighted by Gasteiger charge is 1.98. The van der Waals surface area contributed by atoms with Gasteiger partial charge in [0.05, 0.1) is 6.21 Å². The molecule has 1 aromatic rings. The topological polar surface area (TPSA) is 41.8 Å². The number of nitrogens with zero attached hydrogens (tertiary/aromatic N) is 1. The third kappa shape index (κ3) is 2.63. The third-order valence-corrected chi connectivity index (χ3v) is 1.47. The molecule has 68 valence electrons. The van der Waals surface area contributed by atoms with Gasteiger partial charge in [-0.15, -0.1) is 0 Å². The van der Waals surface area contributed by atoms with Crippen molar-refractivity contribution >= 4 is 6.21 Å². The molecule has 1 aromatic carbocycles. The molecular formula is C10H11NO2. The zero-order valence-electron chi connectivity index (χ0n) is 7.18. The van der Waals surface area contributed by atoms with Crippen LogP contribution >= 0.6 is 0 Å². The van der Waals surface area contributed by atoms with Crippen molar-refractivity contribution in [3.05, 3.63) is 42.5 Å². The zero-order chi connectivity index (χ0) is 9.52. The monoisotopic (exact) mass is 177 g/mol. The van der Waals surface area contributed by atoms with Crippen molar-refractivity contribution in [3.8, 4) is 5.75 Å². The van der Waals surface area contributed by atoms with Gasteiger partial charge in [0, 0.05) is 5.56 Å². The van der Waals surface area contributed by atoms with Crippen LogP contribution in [0.15, 0.2) is 42.1 Å². The number of benzene rings is 1. The van der Waals surface area contributed by atoms with E-state index in [1.54, 1.807) is 18.2 Å². The van der Waals surface area contributed by atoms with E-state index in [1.165, 1.54) is 6.21 Å². The lowest BCUT2D eigenvalue weighted by atomic mass is 10.2. The van der Waals surface area contributed by atoms with E-state index in [9.17, 15) is 0 Å². The largest absolute Gasteiger partial charge is 0.489 e. The predicted molar refractivity (Wildman–Crippen MR) is 51.5 cm³/mol. The molecule has 0 heterocycles. The molecule has 0 unspecified atom stereocenters. The van der Waals surface area contributed by atoms with Crippen LogP contribution in [0.3, 0.4) is 0 Å². The highest BCUT2D eigenvalue weighted by molar-refractivity contribution is 5.82. The summed E-state index contributed by atoms with van der Waals surface area (Å²) in [6, 6.07) is 7.31. The van der Waals surface area contributed by atoms with Crippen molar-refractivity contribution in [3.63, 3.8) is 0 Å². The lowest BCUT2D eigenvalue weighted by Gasteiger charge is -2.05. The van der Waals surface area contributed by atoms with Crippen LogP contribution in [0.1, 0.15) is 5.56 Å². The van der Waals surface area contributed by atoms with Gasteiger partial charge in [0.25, 0.3) is 0 Å². The van der Waals surface area contributed by atoms with Gasteiger partial charge >= 0.3 is 0 Å². The highest BCUT2D eigenvalue weighted by atomic mass is 16.5. The first-order valence-electron chi connectivity index (χ1n) is 3.88. The second-order valence-corrected chi connectivity index (χ2v) is 2.38. The number of oxime groups is 1. The fraction of sp³-hybridized carbons (Fsp3) is 0.100. The molecule has 0 aliphatic rings. The summed E-state index contributed by atoms with van der Waals surface area (Å²) in [5.41, 5.74) is 0.742. The average molecular weight is 177 g/mol. The third-order valence-electron chi connectivity index (χ3n) is 1.47. The van der Waals surface area contributed by atoms with Crippen LogP contribution in [0.5, 0.6) is 5.75 Å². The molecule has 3 heteroatoms. The minimum Gasteiger partial charge on any atom is -0.489 e. The Balaban J connectivity index is 2.83. The highest BCUT2D eigenvalue weighted by Crippen LogP contribution is 2.15. The molecule has 1 N–H and O–H groups in total. The predicted octanol–water partition coefficient (Wildman–Crippen LogP) is 2.06. The first-order chi connectivity index (χ1) is 6.38. The van der Waals surface area contributed by atoms with Crippen molar-refractivity contribution in [2.45, 2.75) is 0 Å². The van der Waals surface area contributed by atoms with Crippen LogP contribution < -0.4 is 4.74 Å². The number of para-hydroxylation sites is 1. The van der Waals surface area contributed by atoms with Crippen molar-refractivity contribution in [1.29, 1.82) is 0 Å². The minimum atomic E-state index is 0.441. The van der Waals surface area contributed by atoms with E-state index < -0.39 is 0 Å². The van der Waals surface area contributed by atoms with Crippen LogP contribution in [0.4, 0.5) is 0 Å². The number of rotatable bonds is 4. The summed E-state index contributed by atoms with van der Waals surface area (Å²) in [5, 5.41) is 11.3. The molecule has 0 saturated heterocycles. The fourth-order valence-corrected chi connectivity index (χ4v) is 0.930. The Hall–Kier alpha value is -1.77. The molecule has 0 aliphatic carbocycles. The van der Waals surface area contributed by atoms with Gasteiger partial charge in [-0.3, -0.25) is 0 Å². The summed E-state index contributed by atoms with van der Waals surface area (Å²) in [7, 11) is 0. The van der Waals surface area contributed by atoms with Crippen LogP contribution in [0.25, 0.3) is 0 Å². The quantitative estimate of drug-likeness (QED) is 0.331. The van der Waals surface area contributed by atoms with Crippen LogP contribution in [0.2, 0.25) is 0 Å². The van der Waals surface area contributed by atoms with Gasteiger partial charge in [0.2, 0.25) is 0 Å². The Labute approximate surface area is 77.0 Å². The summed E-state index contributed by atoms with van der Waals surface area (Å²) < 4.78 is 5.32. The average Bonchev–Trinajstić information content (AvgIpc) is 2.17. The van der Waals surface area contributed by atoms with E-state index >= 15 is 0 Å². The maximum atomic E-state index is 8.36. The lowest BCUT2D eigenvalue weighted by molar-refractivity contribution is 0.321. The molecule has 0 atom stereocenters. The summed E-state index contributed by atoms with van der Waals surface area (Å²) in [5.74, 6) is 0.681. The van der Waals surface area contributed by atoms with Crippen molar-refractivity contribution < 1.29 is 9.94 Å². The van der Waals surface area contributed by atoms with E-state index in [0.717, 1.165) is 5.56 Å². The minimum absolute atomic E-state index is 0.441. The molecular weight excluding hydrogens is 166 g/mol. The Morgan fingerprint density at radius 3 is 2.92 bits per heavy atom. The zero-order valence-corrected chi connectivity index (χ0v) is 7.18. The molecule has 0 aliphatic heterocycles. The van der Waals surface area contributed by atoms with Crippen LogP contribution in [-0.4, -0.2) is 18.0 Å². The maximum Gasteiger partial charge on any atom is 0.128 e. The molecule has 3 nitrogen and oxygen atoms in total. The number of hydrogen-bond donors (Lipinski definition) is 1. The summed E-state index contributed by atoms with van der Waals surface area (Å²) >= 11 is 0. The van der Waals surface area contributed by atoms with Gasteiger partial charge in [0.1, 0.15) is 12.4 Å². The van der Waals surface area contributed by atoms with E-state index in [-0.39, 0.29) is 0 Å². The van der Waals surface area contributed by atoms with Gasteiger partial charge < -0.3 is 9.94 Å². The molecule has 0 aromatic heterocycles. The SMILES string of the molecule is C=CCOc1ccccc1C=NO. The van der Waals surface area contributed by atoms with Gasteiger partial charge in [-0.1, -0.05) is 29.9 Å². The fourth-order valence-electron chi connectivity index (χ4n) is 0.930. The summed E-state index contributed by atoms with van der Waals surface area (Å²) in [6.07, 6.45) is 2.99. The Morgan fingerprint density at radius 2 is 2.23 bits per heavy atom. The molecule has 0 spiro atoms. The first-order valence-corrected chi connectivity index (χ1v) is 3.88. The van der Waals surface area contributed by atoms with Gasteiger partial charge in [-0.05, 0) is 12.1 Å². The summed E-state index contributed by atoms with van der Waals surface area (Å²) in [6.45, 7) is 3.98. The van der Waals surface area contributed by atoms with E-state index in [0.29, 0.717) is 12.4 Å². The van der Waals surface area contributed by atoms with Crippen molar-refractivity contribution in [2.24, 2.45) is 5.16 Å². The van der Waals surface area contributed by atoms with E-state index in [1.807, 2.05) is 12.1 Å². The Kier molecular flexibility index (Phi) is 3.57. The summed E-state index contributed by atoms with van der Waals surface area (Å²) in [4.78, 5) is 0. The number of ether oxygens (including phenoxy) is 1. The van der Waals surface area contributed by atoms with Gasteiger partial charge in [-0.2, -0.15) is 0 Å². The molecule has 13 heavy (non-hydrogen) atoms. The lowest BCUT2D eigenvalue weighted by Crippen LogP contribution is -1.96. The van der Waals surface area contributed by atoms with E-state index in [2.05, 4.69) is 11.7 Å². The molecule has 0 bridgehead atoms. The first kappa shape index (κ1) is 9.32. The van der Waals surface area contributed by atoms with Crippen molar-refractivity contribution in [1.82, 2.24) is 0 Å². The van der Waals surface area contributed by atoms with E-state index in [4.69, 9.17) is 9.94 Å². The van der Waals surface area contributed by atoms with Crippen LogP contribution in [0, 0.1) is 0 Å². The van der Waals surface area contributed by atoms with Crippen LogP contribution in [-0.2, 0) is 0 Å². The van der Waals surface area contributed by atoms with Gasteiger partial charge in [0.15, 0.2) is 0 Å². The molecule has 1 rings (SSSR count). The normalized spacial score (nSPS) is 10.2. The van der Waals surface area contributed by atoms with Crippen molar-refractivity contribution in [2.75, 3.05) is 6.61 Å². The second-order valence-electron chi connectivity index (χ2n) is 2.38. The maximum absolute atomic E-state index is 8.36. The second kappa shape index (κ2) is 4.98. The molecule has 0 radical (unpaired) electrons. The molecule has 0 saturated carbocycles. The smallest absolute Gasteiger partial charge is 0.128 e. The Morgan fingerprint density at radius 1 is 1.46 bits per heavy atom. The number of hydrogen-bond acceptors (Lipinski definition) is 3. The molecule has 0 amide bonds. The Bertz CT molecular complexity index is 308.